The van der Waals surface area contributed by atoms with E-state index in [0.717, 1.165) is 30.5 Å². The van der Waals surface area contributed by atoms with Crippen LogP contribution in [0.15, 0.2) is 28.7 Å². The lowest BCUT2D eigenvalue weighted by Gasteiger charge is -2.35. The van der Waals surface area contributed by atoms with E-state index in [1.807, 2.05) is 25.1 Å². The Hall–Kier alpha value is -1.81. The number of hydrogen-bond donors (Lipinski definition) is 1. The first-order valence-electron chi connectivity index (χ1n) is 7.66. The number of hydrogen-bond acceptors (Lipinski definition) is 4. The summed E-state index contributed by atoms with van der Waals surface area (Å²) in [7, 11) is 0. The van der Waals surface area contributed by atoms with E-state index in [4.69, 9.17) is 9.15 Å². The van der Waals surface area contributed by atoms with Gasteiger partial charge in [0.2, 0.25) is 0 Å². The fourth-order valence-electron chi connectivity index (χ4n) is 2.71. The maximum atomic E-state index is 11.7. The lowest BCUT2D eigenvalue weighted by molar-refractivity contribution is 0.0859. The first-order chi connectivity index (χ1) is 10.2. The molecule has 0 amide bonds. The minimum Gasteiger partial charge on any atom is -0.490 e. The van der Waals surface area contributed by atoms with Gasteiger partial charge in [-0.3, -0.25) is 4.79 Å². The van der Waals surface area contributed by atoms with Crippen molar-refractivity contribution in [2.24, 2.45) is 0 Å². The number of nitrogens with one attached hydrogen (secondary N) is 1. The fourth-order valence-corrected chi connectivity index (χ4v) is 2.71. The van der Waals surface area contributed by atoms with E-state index >= 15 is 0 Å². The van der Waals surface area contributed by atoms with Crippen LogP contribution in [0.2, 0.25) is 0 Å². The van der Waals surface area contributed by atoms with E-state index in [9.17, 15) is 4.79 Å². The van der Waals surface area contributed by atoms with Crippen LogP contribution in [0.4, 0.5) is 0 Å². The number of ketones is 1. The molecule has 1 aliphatic rings. The summed E-state index contributed by atoms with van der Waals surface area (Å²) in [6.07, 6.45) is 2.82. The van der Waals surface area contributed by atoms with Gasteiger partial charge in [-0.25, -0.2) is 0 Å². The lowest BCUT2D eigenvalue weighted by atomic mass is 9.89. The van der Waals surface area contributed by atoms with Crippen molar-refractivity contribution >= 4 is 16.8 Å². The molecule has 0 spiro atoms. The van der Waals surface area contributed by atoms with Crippen LogP contribution >= 0.6 is 0 Å². The quantitative estimate of drug-likeness (QED) is 0.826. The summed E-state index contributed by atoms with van der Waals surface area (Å²) >= 11 is 0. The molecule has 112 valence electrons. The van der Waals surface area contributed by atoms with Crippen LogP contribution in [0.1, 0.15) is 43.7 Å². The van der Waals surface area contributed by atoms with E-state index in [2.05, 4.69) is 12.2 Å². The van der Waals surface area contributed by atoms with Crippen molar-refractivity contribution in [3.8, 4) is 5.75 Å². The predicted octanol–water partition coefficient (Wildman–Crippen LogP) is 3.54. The zero-order valence-corrected chi connectivity index (χ0v) is 12.5. The Labute approximate surface area is 124 Å². The molecule has 1 aliphatic carbocycles. The topological polar surface area (TPSA) is 51.5 Å². The van der Waals surface area contributed by atoms with Gasteiger partial charge in [-0.05, 0) is 37.6 Å². The average Bonchev–Trinajstić information content (AvgIpc) is 2.87. The molecule has 21 heavy (non-hydrogen) atoms. The molecule has 4 nitrogen and oxygen atoms in total. The second-order valence-corrected chi connectivity index (χ2v) is 5.55. The molecule has 0 saturated heterocycles. The Kier molecular flexibility index (Phi) is 3.97. The summed E-state index contributed by atoms with van der Waals surface area (Å²) in [4.78, 5) is 11.7. The van der Waals surface area contributed by atoms with Crippen LogP contribution in [-0.4, -0.2) is 24.5 Å². The van der Waals surface area contributed by atoms with Gasteiger partial charge in [-0.15, -0.1) is 0 Å². The number of ether oxygens (including phenoxy) is 1. The monoisotopic (exact) mass is 287 g/mol. The van der Waals surface area contributed by atoms with Crippen molar-refractivity contribution in [2.45, 2.75) is 45.3 Å². The van der Waals surface area contributed by atoms with Crippen molar-refractivity contribution in [1.82, 2.24) is 5.32 Å². The van der Waals surface area contributed by atoms with Gasteiger partial charge in [0.05, 0.1) is 0 Å². The Balaban J connectivity index is 1.68. The maximum Gasteiger partial charge on any atom is 0.197 e. The van der Waals surface area contributed by atoms with E-state index < -0.39 is 0 Å². The Morgan fingerprint density at radius 3 is 2.86 bits per heavy atom. The fraction of sp³-hybridized carbons (Fsp3) is 0.471. The van der Waals surface area contributed by atoms with Crippen molar-refractivity contribution in [1.29, 1.82) is 0 Å². The largest absolute Gasteiger partial charge is 0.490 e. The van der Waals surface area contributed by atoms with Crippen LogP contribution in [0.3, 0.4) is 0 Å². The molecule has 1 aromatic heterocycles. The first-order valence-corrected chi connectivity index (χ1v) is 7.66. The number of carbonyl (C=O) groups is 1. The standard InChI is InChI=1S/C17H21NO3/c1-3-15(19)17-7-11-5-6-13(10-16(11)21-17)20-14-8-12(9-14)18-4-2/h5-7,10,12,14,18H,3-4,8-9H2,1-2H3/t12-,14+. The highest BCUT2D eigenvalue weighted by molar-refractivity contribution is 5.97. The molecule has 1 fully saturated rings. The Morgan fingerprint density at radius 1 is 1.33 bits per heavy atom. The highest BCUT2D eigenvalue weighted by Gasteiger charge is 2.30. The molecular formula is C17H21NO3. The zero-order valence-electron chi connectivity index (χ0n) is 12.5. The predicted molar refractivity (Wildman–Crippen MR) is 82.0 cm³/mol. The zero-order chi connectivity index (χ0) is 14.8. The maximum absolute atomic E-state index is 11.7. The minimum atomic E-state index is 0.0288. The number of rotatable bonds is 6. The van der Waals surface area contributed by atoms with E-state index in [1.165, 1.54) is 0 Å². The number of benzene rings is 1. The van der Waals surface area contributed by atoms with Crippen molar-refractivity contribution in [3.05, 3.63) is 30.0 Å². The van der Waals surface area contributed by atoms with Gasteiger partial charge in [-0.1, -0.05) is 13.8 Å². The van der Waals surface area contributed by atoms with Gasteiger partial charge < -0.3 is 14.5 Å². The normalized spacial score (nSPS) is 21.2. The molecule has 0 radical (unpaired) electrons. The average molecular weight is 287 g/mol. The number of fused-ring (bicyclic) bond motifs is 1. The van der Waals surface area contributed by atoms with Crippen LogP contribution in [0, 0.1) is 0 Å². The smallest absolute Gasteiger partial charge is 0.197 e. The molecule has 0 bridgehead atoms. The van der Waals surface area contributed by atoms with E-state index in [1.54, 1.807) is 6.07 Å². The second-order valence-electron chi connectivity index (χ2n) is 5.55. The van der Waals surface area contributed by atoms with Crippen molar-refractivity contribution in [3.63, 3.8) is 0 Å². The molecule has 0 atom stereocenters. The summed E-state index contributed by atoms with van der Waals surface area (Å²) in [6.45, 7) is 4.96. The molecule has 1 aromatic carbocycles. The van der Waals surface area contributed by atoms with Gasteiger partial charge in [0.25, 0.3) is 0 Å². The van der Waals surface area contributed by atoms with Gasteiger partial charge in [0, 0.05) is 23.9 Å². The molecule has 0 unspecified atom stereocenters. The summed E-state index contributed by atoms with van der Waals surface area (Å²) in [5.41, 5.74) is 0.715. The van der Waals surface area contributed by atoms with Crippen molar-refractivity contribution < 1.29 is 13.9 Å². The lowest BCUT2D eigenvalue weighted by Crippen LogP contribution is -2.46. The second kappa shape index (κ2) is 5.90. The van der Waals surface area contributed by atoms with Crippen LogP contribution < -0.4 is 10.1 Å². The number of carbonyl (C=O) groups excluding carboxylic acids is 1. The molecular weight excluding hydrogens is 266 g/mol. The van der Waals surface area contributed by atoms with Crippen molar-refractivity contribution in [2.75, 3.05) is 6.54 Å². The summed E-state index contributed by atoms with van der Waals surface area (Å²) < 4.78 is 11.6. The van der Waals surface area contributed by atoms with Crippen LogP contribution in [0.5, 0.6) is 5.75 Å². The SMILES string of the molecule is CCN[C@H]1C[C@@H](Oc2ccc3cc(C(=O)CC)oc3c2)C1. The molecule has 0 aliphatic heterocycles. The van der Waals surface area contributed by atoms with Gasteiger partial charge in [0.1, 0.15) is 17.4 Å². The Bertz CT molecular complexity index is 641. The van der Waals surface area contributed by atoms with Crippen LogP contribution in [-0.2, 0) is 0 Å². The third-order valence-electron chi connectivity index (χ3n) is 3.98. The molecule has 1 N–H and O–H groups in total. The summed E-state index contributed by atoms with van der Waals surface area (Å²) in [5, 5.41) is 4.36. The summed E-state index contributed by atoms with van der Waals surface area (Å²) in [5.74, 6) is 1.27. The molecule has 1 heterocycles. The number of furan rings is 1. The Morgan fingerprint density at radius 2 is 2.14 bits per heavy atom. The first kappa shape index (κ1) is 14.1. The summed E-state index contributed by atoms with van der Waals surface area (Å²) in [6, 6.07) is 8.15. The van der Waals surface area contributed by atoms with E-state index in [-0.39, 0.29) is 11.9 Å². The van der Waals surface area contributed by atoms with Crippen LogP contribution in [0.25, 0.3) is 11.0 Å². The van der Waals surface area contributed by atoms with Gasteiger partial charge in [0.15, 0.2) is 11.5 Å². The minimum absolute atomic E-state index is 0.0288. The highest BCUT2D eigenvalue weighted by Crippen LogP contribution is 2.29. The molecule has 4 heteroatoms. The number of Topliss-reactive ketones (excluding diaryl/α,β-unsaturated/α-hetero) is 1. The van der Waals surface area contributed by atoms with Gasteiger partial charge in [-0.2, -0.15) is 0 Å². The molecule has 2 aromatic rings. The molecule has 3 rings (SSSR count). The van der Waals surface area contributed by atoms with Gasteiger partial charge >= 0.3 is 0 Å². The third kappa shape index (κ3) is 2.95. The van der Waals surface area contributed by atoms with E-state index in [0.29, 0.717) is 23.8 Å². The third-order valence-corrected chi connectivity index (χ3v) is 3.98. The molecule has 1 saturated carbocycles. The highest BCUT2D eigenvalue weighted by atomic mass is 16.5.